The van der Waals surface area contributed by atoms with Crippen molar-refractivity contribution in [3.63, 3.8) is 0 Å². The third kappa shape index (κ3) is 2.95. The summed E-state index contributed by atoms with van der Waals surface area (Å²) in [6.45, 7) is 2.23. The summed E-state index contributed by atoms with van der Waals surface area (Å²) in [5, 5.41) is 0. The summed E-state index contributed by atoms with van der Waals surface area (Å²) in [6, 6.07) is 7.36. The van der Waals surface area contributed by atoms with Crippen molar-refractivity contribution >= 4 is 5.91 Å². The van der Waals surface area contributed by atoms with Gasteiger partial charge in [-0.25, -0.2) is 0 Å². The Morgan fingerprint density at radius 1 is 1.47 bits per heavy atom. The highest BCUT2D eigenvalue weighted by Gasteiger charge is 2.15. The molecule has 4 nitrogen and oxygen atoms in total. The average molecular weight is 208 g/mol. The second-order valence-corrected chi connectivity index (χ2v) is 3.23. The van der Waals surface area contributed by atoms with Crippen molar-refractivity contribution in [2.45, 2.75) is 26.0 Å². The summed E-state index contributed by atoms with van der Waals surface area (Å²) in [7, 11) is 0. The minimum atomic E-state index is -0.585. The molecule has 0 aliphatic carbocycles. The first kappa shape index (κ1) is 11.5. The van der Waals surface area contributed by atoms with E-state index in [9.17, 15) is 4.79 Å². The van der Waals surface area contributed by atoms with Gasteiger partial charge >= 0.3 is 0 Å². The maximum absolute atomic E-state index is 11.0. The molecule has 1 unspecified atom stereocenters. The van der Waals surface area contributed by atoms with Gasteiger partial charge in [-0.1, -0.05) is 25.1 Å². The number of primary amides is 1. The van der Waals surface area contributed by atoms with E-state index >= 15 is 0 Å². The van der Waals surface area contributed by atoms with Crippen LogP contribution in [-0.4, -0.2) is 12.0 Å². The van der Waals surface area contributed by atoms with E-state index < -0.39 is 12.0 Å². The van der Waals surface area contributed by atoms with Gasteiger partial charge in [-0.2, -0.15) is 0 Å². The number of para-hydroxylation sites is 1. The fourth-order valence-corrected chi connectivity index (χ4v) is 1.28. The van der Waals surface area contributed by atoms with Gasteiger partial charge in [-0.15, -0.1) is 0 Å². The van der Waals surface area contributed by atoms with Gasteiger partial charge in [0.2, 0.25) is 0 Å². The zero-order valence-corrected chi connectivity index (χ0v) is 8.77. The monoisotopic (exact) mass is 208 g/mol. The van der Waals surface area contributed by atoms with Crippen molar-refractivity contribution in [3.8, 4) is 5.75 Å². The number of benzene rings is 1. The van der Waals surface area contributed by atoms with Gasteiger partial charge in [0.15, 0.2) is 6.10 Å². The molecular weight excluding hydrogens is 192 g/mol. The van der Waals surface area contributed by atoms with Crippen LogP contribution < -0.4 is 16.2 Å². The van der Waals surface area contributed by atoms with E-state index in [1.165, 1.54) is 0 Å². The number of rotatable bonds is 5. The largest absolute Gasteiger partial charge is 0.480 e. The molecule has 82 valence electrons. The number of amides is 1. The van der Waals surface area contributed by atoms with Gasteiger partial charge in [0.1, 0.15) is 5.75 Å². The molecule has 0 fully saturated rings. The summed E-state index contributed by atoms with van der Waals surface area (Å²) in [5.74, 6) is 0.176. The topological polar surface area (TPSA) is 78.3 Å². The molecule has 0 aliphatic rings. The molecule has 0 aromatic heterocycles. The van der Waals surface area contributed by atoms with Crippen LogP contribution in [0.1, 0.15) is 18.9 Å². The lowest BCUT2D eigenvalue weighted by Gasteiger charge is -2.16. The first-order valence-corrected chi connectivity index (χ1v) is 4.93. The number of nitrogens with two attached hydrogens (primary N) is 2. The van der Waals surface area contributed by atoms with E-state index in [-0.39, 0.29) is 0 Å². The molecule has 0 heterocycles. The SMILES string of the molecule is CCC(Oc1ccccc1CN)C(N)=O. The van der Waals surface area contributed by atoms with E-state index in [0.717, 1.165) is 5.56 Å². The highest BCUT2D eigenvalue weighted by Crippen LogP contribution is 2.19. The van der Waals surface area contributed by atoms with Gasteiger partial charge in [-0.05, 0) is 12.5 Å². The molecule has 0 saturated carbocycles. The molecule has 0 bridgehead atoms. The lowest BCUT2D eigenvalue weighted by molar-refractivity contribution is -0.124. The molecule has 0 spiro atoms. The Labute approximate surface area is 89.2 Å². The van der Waals surface area contributed by atoms with Gasteiger partial charge in [0.05, 0.1) is 0 Å². The van der Waals surface area contributed by atoms with Crippen LogP contribution in [0.3, 0.4) is 0 Å². The molecule has 1 rings (SSSR count). The van der Waals surface area contributed by atoms with E-state index in [2.05, 4.69) is 0 Å². The Morgan fingerprint density at radius 2 is 2.13 bits per heavy atom. The second-order valence-electron chi connectivity index (χ2n) is 3.23. The Balaban J connectivity index is 2.82. The molecule has 1 atom stereocenters. The molecule has 0 aliphatic heterocycles. The van der Waals surface area contributed by atoms with Crippen LogP contribution in [0.4, 0.5) is 0 Å². The van der Waals surface area contributed by atoms with Crippen molar-refractivity contribution in [2.24, 2.45) is 11.5 Å². The molecule has 0 saturated heterocycles. The number of hydrogen-bond acceptors (Lipinski definition) is 3. The molecule has 1 aromatic rings. The van der Waals surface area contributed by atoms with E-state index in [4.69, 9.17) is 16.2 Å². The number of carbonyl (C=O) groups excluding carboxylic acids is 1. The third-order valence-corrected chi connectivity index (χ3v) is 2.15. The van der Waals surface area contributed by atoms with Crippen molar-refractivity contribution < 1.29 is 9.53 Å². The molecular formula is C11H16N2O2. The van der Waals surface area contributed by atoms with Crippen LogP contribution in [0, 0.1) is 0 Å². The number of ether oxygens (including phenoxy) is 1. The second kappa shape index (κ2) is 5.36. The smallest absolute Gasteiger partial charge is 0.258 e. The van der Waals surface area contributed by atoms with E-state index in [0.29, 0.717) is 18.7 Å². The maximum atomic E-state index is 11.0. The first-order valence-electron chi connectivity index (χ1n) is 4.93. The zero-order valence-electron chi connectivity index (χ0n) is 8.77. The van der Waals surface area contributed by atoms with Crippen molar-refractivity contribution in [2.75, 3.05) is 0 Å². The molecule has 15 heavy (non-hydrogen) atoms. The van der Waals surface area contributed by atoms with Gasteiger partial charge in [-0.3, -0.25) is 4.79 Å². The fourth-order valence-electron chi connectivity index (χ4n) is 1.28. The van der Waals surface area contributed by atoms with Gasteiger partial charge in [0.25, 0.3) is 5.91 Å². The molecule has 4 N–H and O–H groups in total. The highest BCUT2D eigenvalue weighted by molar-refractivity contribution is 5.79. The van der Waals surface area contributed by atoms with Crippen LogP contribution in [0.25, 0.3) is 0 Å². The minimum absolute atomic E-state index is 0.380. The van der Waals surface area contributed by atoms with E-state index in [1.807, 2.05) is 25.1 Å². The molecule has 0 radical (unpaired) electrons. The molecule has 4 heteroatoms. The van der Waals surface area contributed by atoms with Crippen LogP contribution in [0.5, 0.6) is 5.75 Å². The van der Waals surface area contributed by atoms with Crippen LogP contribution in [0.2, 0.25) is 0 Å². The Bertz CT molecular complexity index is 339. The van der Waals surface area contributed by atoms with Crippen LogP contribution in [-0.2, 0) is 11.3 Å². The number of carbonyl (C=O) groups is 1. The molecule has 1 aromatic carbocycles. The minimum Gasteiger partial charge on any atom is -0.480 e. The lowest BCUT2D eigenvalue weighted by Crippen LogP contribution is -2.33. The van der Waals surface area contributed by atoms with Gasteiger partial charge < -0.3 is 16.2 Å². The predicted octanol–water partition coefficient (Wildman–Crippen LogP) is 0.788. The van der Waals surface area contributed by atoms with Crippen molar-refractivity contribution in [1.82, 2.24) is 0 Å². The standard InChI is InChI=1S/C11H16N2O2/c1-2-9(11(13)14)15-10-6-4-3-5-8(10)7-12/h3-6,9H,2,7,12H2,1H3,(H2,13,14). The Kier molecular flexibility index (Phi) is 4.12. The lowest BCUT2D eigenvalue weighted by atomic mass is 10.2. The van der Waals surface area contributed by atoms with Crippen LogP contribution in [0.15, 0.2) is 24.3 Å². The zero-order chi connectivity index (χ0) is 11.3. The highest BCUT2D eigenvalue weighted by atomic mass is 16.5. The fraction of sp³-hybridized carbons (Fsp3) is 0.364. The summed E-state index contributed by atoms with van der Waals surface area (Å²) < 4.78 is 5.49. The Morgan fingerprint density at radius 3 is 2.67 bits per heavy atom. The average Bonchev–Trinajstić information content (AvgIpc) is 2.25. The number of hydrogen-bond donors (Lipinski definition) is 2. The van der Waals surface area contributed by atoms with Crippen molar-refractivity contribution in [3.05, 3.63) is 29.8 Å². The van der Waals surface area contributed by atoms with E-state index in [1.54, 1.807) is 6.07 Å². The maximum Gasteiger partial charge on any atom is 0.258 e. The first-order chi connectivity index (χ1) is 7.19. The quantitative estimate of drug-likeness (QED) is 0.750. The molecule has 1 amide bonds. The van der Waals surface area contributed by atoms with Crippen molar-refractivity contribution in [1.29, 1.82) is 0 Å². The van der Waals surface area contributed by atoms with Crippen LogP contribution >= 0.6 is 0 Å². The predicted molar refractivity (Wildman–Crippen MR) is 58.2 cm³/mol. The summed E-state index contributed by atoms with van der Waals surface area (Å²) >= 11 is 0. The summed E-state index contributed by atoms with van der Waals surface area (Å²) in [6.07, 6.45) is -0.0356. The Hall–Kier alpha value is -1.55. The summed E-state index contributed by atoms with van der Waals surface area (Å²) in [4.78, 5) is 11.0. The normalized spacial score (nSPS) is 12.1. The third-order valence-electron chi connectivity index (χ3n) is 2.15. The summed E-state index contributed by atoms with van der Waals surface area (Å²) in [5.41, 5.74) is 11.6. The van der Waals surface area contributed by atoms with Gasteiger partial charge in [0, 0.05) is 12.1 Å².